The highest BCUT2D eigenvalue weighted by Gasteiger charge is 2.21. The zero-order valence-corrected chi connectivity index (χ0v) is 15.3. The van der Waals surface area contributed by atoms with Crippen molar-refractivity contribution in [2.45, 2.75) is 26.3 Å². The molecule has 0 saturated carbocycles. The van der Waals surface area contributed by atoms with Crippen LogP contribution in [-0.4, -0.2) is 15.7 Å². The van der Waals surface area contributed by atoms with Gasteiger partial charge in [-0.2, -0.15) is 5.10 Å². The van der Waals surface area contributed by atoms with E-state index in [1.807, 2.05) is 36.4 Å². The Morgan fingerprint density at radius 1 is 1.04 bits per heavy atom. The van der Waals surface area contributed by atoms with E-state index in [0.29, 0.717) is 16.7 Å². The summed E-state index contributed by atoms with van der Waals surface area (Å²) in [5.74, 6) is 0.150. The number of rotatable bonds is 5. The molecule has 26 heavy (non-hydrogen) atoms. The lowest BCUT2D eigenvalue weighted by atomic mass is 9.96. The second-order valence-corrected chi connectivity index (χ2v) is 6.89. The molecular weight excluding hydrogens is 326 g/mol. The smallest absolute Gasteiger partial charge is 0.274 e. The predicted molar refractivity (Wildman–Crippen MR) is 103 cm³/mol. The summed E-state index contributed by atoms with van der Waals surface area (Å²) < 4.78 is 1.22. The summed E-state index contributed by atoms with van der Waals surface area (Å²) in [4.78, 5) is 25.3. The van der Waals surface area contributed by atoms with Crippen LogP contribution in [0, 0.1) is 5.92 Å². The molecule has 5 heteroatoms. The van der Waals surface area contributed by atoms with Crippen LogP contribution in [0.2, 0.25) is 0 Å². The summed E-state index contributed by atoms with van der Waals surface area (Å²) in [6.45, 7) is 4.25. The molecule has 0 spiro atoms. The molecule has 1 amide bonds. The standard InChI is InChI=1S/C21H23N3O2/c1-14(2)13-18(15-9-5-4-6-10-15)22-20(25)19-16-11-7-8-12-17(16)21(26)24(3)23-19/h4-12,14,18H,13H2,1-3H3,(H,22,25)/t18-/m0/s1. The van der Waals surface area contributed by atoms with Gasteiger partial charge in [-0.3, -0.25) is 9.59 Å². The van der Waals surface area contributed by atoms with Crippen LogP contribution in [0.3, 0.4) is 0 Å². The molecule has 134 valence electrons. The van der Waals surface area contributed by atoms with Crippen LogP contribution < -0.4 is 10.9 Å². The fraction of sp³-hybridized carbons (Fsp3) is 0.286. The van der Waals surface area contributed by atoms with Gasteiger partial charge in [-0.05, 0) is 24.0 Å². The predicted octanol–water partition coefficient (Wildman–Crippen LogP) is 3.45. The SMILES string of the molecule is CC(C)C[C@H](NC(=O)c1nn(C)c(=O)c2ccccc12)c1ccccc1. The zero-order chi connectivity index (χ0) is 18.7. The summed E-state index contributed by atoms with van der Waals surface area (Å²) in [5.41, 5.74) is 1.12. The fourth-order valence-electron chi connectivity index (χ4n) is 3.13. The summed E-state index contributed by atoms with van der Waals surface area (Å²) in [6.07, 6.45) is 0.819. The van der Waals surface area contributed by atoms with Crippen molar-refractivity contribution in [2.24, 2.45) is 13.0 Å². The molecule has 5 nitrogen and oxygen atoms in total. The van der Waals surface area contributed by atoms with E-state index in [0.717, 1.165) is 12.0 Å². The van der Waals surface area contributed by atoms with E-state index in [1.165, 1.54) is 4.68 Å². The Morgan fingerprint density at radius 3 is 2.31 bits per heavy atom. The zero-order valence-electron chi connectivity index (χ0n) is 15.3. The van der Waals surface area contributed by atoms with Gasteiger partial charge < -0.3 is 5.32 Å². The molecule has 0 saturated heterocycles. The van der Waals surface area contributed by atoms with Crippen molar-refractivity contribution in [2.75, 3.05) is 0 Å². The molecule has 2 aromatic carbocycles. The van der Waals surface area contributed by atoms with Crippen molar-refractivity contribution < 1.29 is 4.79 Å². The van der Waals surface area contributed by atoms with Gasteiger partial charge in [0.25, 0.3) is 11.5 Å². The summed E-state index contributed by atoms with van der Waals surface area (Å²) >= 11 is 0. The van der Waals surface area contributed by atoms with Crippen LogP contribution in [0.1, 0.15) is 42.4 Å². The number of carbonyl (C=O) groups excluding carboxylic acids is 1. The van der Waals surface area contributed by atoms with E-state index >= 15 is 0 Å². The van der Waals surface area contributed by atoms with Crippen LogP contribution in [0.25, 0.3) is 10.8 Å². The van der Waals surface area contributed by atoms with Crippen LogP contribution >= 0.6 is 0 Å². The molecule has 3 rings (SSSR count). The Hall–Kier alpha value is -2.95. The van der Waals surface area contributed by atoms with Gasteiger partial charge in [-0.15, -0.1) is 0 Å². The topological polar surface area (TPSA) is 64.0 Å². The van der Waals surface area contributed by atoms with E-state index in [2.05, 4.69) is 24.3 Å². The fourth-order valence-corrected chi connectivity index (χ4v) is 3.13. The van der Waals surface area contributed by atoms with Crippen molar-refractivity contribution in [1.82, 2.24) is 15.1 Å². The van der Waals surface area contributed by atoms with Gasteiger partial charge in [0.2, 0.25) is 0 Å². The summed E-state index contributed by atoms with van der Waals surface area (Å²) in [6, 6.07) is 16.9. The Balaban J connectivity index is 1.99. The van der Waals surface area contributed by atoms with E-state index in [9.17, 15) is 9.59 Å². The number of aryl methyl sites for hydroxylation is 1. The molecule has 1 heterocycles. The Labute approximate surface area is 152 Å². The molecular formula is C21H23N3O2. The van der Waals surface area contributed by atoms with Gasteiger partial charge in [0.05, 0.1) is 11.4 Å². The van der Waals surface area contributed by atoms with E-state index in [1.54, 1.807) is 25.2 Å². The monoisotopic (exact) mass is 349 g/mol. The summed E-state index contributed by atoms with van der Waals surface area (Å²) in [7, 11) is 1.56. The van der Waals surface area contributed by atoms with Crippen molar-refractivity contribution >= 4 is 16.7 Å². The van der Waals surface area contributed by atoms with Crippen LogP contribution in [0.5, 0.6) is 0 Å². The third kappa shape index (κ3) is 3.67. The maximum absolute atomic E-state index is 13.0. The number of hydrogen-bond donors (Lipinski definition) is 1. The molecule has 0 aliphatic rings. The molecule has 0 aliphatic heterocycles. The lowest BCUT2D eigenvalue weighted by molar-refractivity contribution is 0.0926. The van der Waals surface area contributed by atoms with Gasteiger partial charge >= 0.3 is 0 Å². The van der Waals surface area contributed by atoms with Gasteiger partial charge in [0.1, 0.15) is 0 Å². The van der Waals surface area contributed by atoms with Crippen molar-refractivity contribution in [3.8, 4) is 0 Å². The first-order valence-corrected chi connectivity index (χ1v) is 8.79. The molecule has 0 unspecified atom stereocenters. The summed E-state index contributed by atoms with van der Waals surface area (Å²) in [5, 5.41) is 8.39. The number of carbonyl (C=O) groups is 1. The van der Waals surface area contributed by atoms with E-state index in [-0.39, 0.29) is 23.2 Å². The Morgan fingerprint density at radius 2 is 1.65 bits per heavy atom. The number of amides is 1. The molecule has 0 bridgehead atoms. The molecule has 1 atom stereocenters. The first kappa shape index (κ1) is 17.9. The number of nitrogens with one attached hydrogen (secondary N) is 1. The van der Waals surface area contributed by atoms with Crippen LogP contribution in [-0.2, 0) is 7.05 Å². The van der Waals surface area contributed by atoms with Crippen molar-refractivity contribution in [1.29, 1.82) is 0 Å². The average molecular weight is 349 g/mol. The molecule has 0 radical (unpaired) electrons. The van der Waals surface area contributed by atoms with Gasteiger partial charge in [-0.1, -0.05) is 62.4 Å². The van der Waals surface area contributed by atoms with Crippen LogP contribution in [0.15, 0.2) is 59.4 Å². The Kier molecular flexibility index (Phi) is 5.16. The first-order valence-electron chi connectivity index (χ1n) is 8.79. The maximum Gasteiger partial charge on any atom is 0.274 e. The van der Waals surface area contributed by atoms with Gasteiger partial charge in [-0.25, -0.2) is 4.68 Å². The third-order valence-electron chi connectivity index (χ3n) is 4.39. The quantitative estimate of drug-likeness (QED) is 0.767. The number of benzene rings is 2. The first-order chi connectivity index (χ1) is 12.5. The molecule has 3 aromatic rings. The number of aromatic nitrogens is 2. The highest BCUT2D eigenvalue weighted by molar-refractivity contribution is 6.04. The highest BCUT2D eigenvalue weighted by Crippen LogP contribution is 2.22. The third-order valence-corrected chi connectivity index (χ3v) is 4.39. The van der Waals surface area contributed by atoms with E-state index < -0.39 is 0 Å². The lowest BCUT2D eigenvalue weighted by Gasteiger charge is -2.21. The number of fused-ring (bicyclic) bond motifs is 1. The minimum Gasteiger partial charge on any atom is -0.344 e. The largest absolute Gasteiger partial charge is 0.344 e. The Bertz CT molecular complexity index is 977. The number of hydrogen-bond acceptors (Lipinski definition) is 3. The van der Waals surface area contributed by atoms with Crippen LogP contribution in [0.4, 0.5) is 0 Å². The molecule has 0 fully saturated rings. The molecule has 1 N–H and O–H groups in total. The highest BCUT2D eigenvalue weighted by atomic mass is 16.2. The van der Waals surface area contributed by atoms with Crippen molar-refractivity contribution in [3.05, 3.63) is 76.2 Å². The average Bonchev–Trinajstić information content (AvgIpc) is 2.64. The molecule has 0 aliphatic carbocycles. The van der Waals surface area contributed by atoms with E-state index in [4.69, 9.17) is 0 Å². The number of nitrogens with zero attached hydrogens (tertiary/aromatic N) is 2. The van der Waals surface area contributed by atoms with Gasteiger partial charge in [0.15, 0.2) is 5.69 Å². The second-order valence-electron chi connectivity index (χ2n) is 6.89. The second kappa shape index (κ2) is 7.52. The van der Waals surface area contributed by atoms with Crippen molar-refractivity contribution in [3.63, 3.8) is 0 Å². The van der Waals surface area contributed by atoms with Gasteiger partial charge in [0, 0.05) is 12.4 Å². The minimum atomic E-state index is -0.272. The molecule has 1 aromatic heterocycles. The maximum atomic E-state index is 13.0. The normalized spacial score (nSPS) is 12.3. The minimum absolute atomic E-state index is 0.110. The lowest BCUT2D eigenvalue weighted by Crippen LogP contribution is -2.32.